The molecular weight excluding hydrogens is 408 g/mol. The minimum Gasteiger partial charge on any atom is -0.493 e. The summed E-state index contributed by atoms with van der Waals surface area (Å²) in [6, 6.07) is 7.05. The number of hydrogen-bond acceptors (Lipinski definition) is 8. The lowest BCUT2D eigenvalue weighted by Gasteiger charge is -2.16. The first-order valence-electron chi connectivity index (χ1n) is 7.91. The molecule has 0 saturated heterocycles. The van der Waals surface area contributed by atoms with Crippen LogP contribution in [0.3, 0.4) is 0 Å². The van der Waals surface area contributed by atoms with Crippen LogP contribution in [0.2, 0.25) is 0 Å². The fraction of sp³-hybridized carbons (Fsp3) is 0.294. The molecule has 0 unspecified atom stereocenters. The number of nitrogens with one attached hydrogen (secondary N) is 1. The van der Waals surface area contributed by atoms with Crippen LogP contribution >= 0.6 is 0 Å². The topological polar surface area (TPSA) is 134 Å². The number of methoxy groups -OCH3 is 3. The molecule has 2 rings (SSSR count). The van der Waals surface area contributed by atoms with Crippen molar-refractivity contribution in [2.45, 2.75) is 16.3 Å². The van der Waals surface area contributed by atoms with Gasteiger partial charge in [0, 0.05) is 12.8 Å². The standard InChI is InChI=1S/C17H22N2O7S2/c1-24-14-7-11(8-15(25-2)17(14)26-3)10-19-13-6-5-12(28(18,22)23)9-16(13)27(4,20)21/h5-9,19H,10H2,1-4H3,(H2,18,22,23). The smallest absolute Gasteiger partial charge is 0.238 e. The molecule has 0 saturated carbocycles. The minimum atomic E-state index is -4.03. The first kappa shape index (κ1) is 21.8. The maximum Gasteiger partial charge on any atom is 0.238 e. The summed E-state index contributed by atoms with van der Waals surface area (Å²) in [5.74, 6) is 1.33. The average molecular weight is 431 g/mol. The van der Waals surface area contributed by atoms with Gasteiger partial charge in [0.05, 0.1) is 36.8 Å². The van der Waals surface area contributed by atoms with Crippen LogP contribution < -0.4 is 24.7 Å². The molecule has 0 aliphatic heterocycles. The molecule has 0 spiro atoms. The molecule has 3 N–H and O–H groups in total. The van der Waals surface area contributed by atoms with Gasteiger partial charge in [-0.1, -0.05) is 0 Å². The van der Waals surface area contributed by atoms with E-state index in [0.717, 1.165) is 17.9 Å². The van der Waals surface area contributed by atoms with Gasteiger partial charge in [-0.3, -0.25) is 0 Å². The number of primary sulfonamides is 1. The lowest BCUT2D eigenvalue weighted by atomic mass is 10.1. The van der Waals surface area contributed by atoms with Crippen molar-refractivity contribution in [3.8, 4) is 17.2 Å². The van der Waals surface area contributed by atoms with Crippen LogP contribution in [0.15, 0.2) is 40.1 Å². The first-order chi connectivity index (χ1) is 13.0. The van der Waals surface area contributed by atoms with Gasteiger partial charge in [-0.05, 0) is 35.9 Å². The van der Waals surface area contributed by atoms with Gasteiger partial charge in [0.1, 0.15) is 0 Å². The molecule has 0 aliphatic carbocycles. The third-order valence-corrected chi connectivity index (χ3v) is 5.94. The quantitative estimate of drug-likeness (QED) is 0.641. The molecular formula is C17H22N2O7S2. The second-order valence-corrected chi connectivity index (χ2v) is 9.41. The van der Waals surface area contributed by atoms with Crippen LogP contribution in [0.5, 0.6) is 17.2 Å². The van der Waals surface area contributed by atoms with Gasteiger partial charge in [-0.25, -0.2) is 22.0 Å². The molecule has 0 amide bonds. The SMILES string of the molecule is COc1cc(CNc2ccc(S(N)(=O)=O)cc2S(C)(=O)=O)cc(OC)c1OC. The summed E-state index contributed by atoms with van der Waals surface area (Å²) in [6.07, 6.45) is 0.986. The van der Waals surface area contributed by atoms with Gasteiger partial charge in [0.15, 0.2) is 21.3 Å². The van der Waals surface area contributed by atoms with Gasteiger partial charge >= 0.3 is 0 Å². The van der Waals surface area contributed by atoms with Crippen LogP contribution in [0.1, 0.15) is 5.56 Å². The largest absolute Gasteiger partial charge is 0.493 e. The van der Waals surface area contributed by atoms with Crippen molar-refractivity contribution in [2.75, 3.05) is 32.9 Å². The Labute approximate surface area is 164 Å². The molecule has 0 atom stereocenters. The van der Waals surface area contributed by atoms with Crippen molar-refractivity contribution >= 4 is 25.5 Å². The van der Waals surface area contributed by atoms with Crippen molar-refractivity contribution in [1.82, 2.24) is 0 Å². The third-order valence-electron chi connectivity index (χ3n) is 3.89. The van der Waals surface area contributed by atoms with E-state index in [0.29, 0.717) is 17.2 Å². The molecule has 154 valence electrons. The Kier molecular flexibility index (Phi) is 6.42. The molecule has 28 heavy (non-hydrogen) atoms. The average Bonchev–Trinajstić information content (AvgIpc) is 2.63. The van der Waals surface area contributed by atoms with Crippen molar-refractivity contribution in [2.24, 2.45) is 5.14 Å². The monoisotopic (exact) mass is 430 g/mol. The van der Waals surface area contributed by atoms with E-state index in [-0.39, 0.29) is 22.0 Å². The molecule has 0 aliphatic rings. The lowest BCUT2D eigenvalue weighted by molar-refractivity contribution is 0.324. The van der Waals surface area contributed by atoms with Crippen molar-refractivity contribution in [1.29, 1.82) is 0 Å². The first-order valence-corrected chi connectivity index (χ1v) is 11.3. The van der Waals surface area contributed by atoms with Crippen LogP contribution in [-0.4, -0.2) is 44.4 Å². The summed E-state index contributed by atoms with van der Waals surface area (Å²) in [6.45, 7) is 0.216. The van der Waals surface area contributed by atoms with E-state index in [9.17, 15) is 16.8 Å². The number of benzene rings is 2. The summed E-state index contributed by atoms with van der Waals surface area (Å²) in [5.41, 5.74) is 0.966. The zero-order chi connectivity index (χ0) is 21.1. The summed E-state index contributed by atoms with van der Waals surface area (Å²) in [5, 5.41) is 8.08. The van der Waals surface area contributed by atoms with Gasteiger partial charge < -0.3 is 19.5 Å². The zero-order valence-corrected chi connectivity index (χ0v) is 17.5. The van der Waals surface area contributed by atoms with Gasteiger partial charge in [-0.2, -0.15) is 0 Å². The molecule has 2 aromatic rings. The van der Waals surface area contributed by atoms with Crippen LogP contribution in [0.25, 0.3) is 0 Å². The molecule has 0 bridgehead atoms. The predicted octanol–water partition coefficient (Wildman–Crippen LogP) is 1.38. The Morgan fingerprint density at radius 1 is 0.929 bits per heavy atom. The third kappa shape index (κ3) is 4.86. The fourth-order valence-corrected chi connectivity index (χ4v) is 4.06. The Morgan fingerprint density at radius 2 is 1.50 bits per heavy atom. The molecule has 0 heterocycles. The van der Waals surface area contributed by atoms with Gasteiger partial charge in [0.25, 0.3) is 0 Å². The van der Waals surface area contributed by atoms with Crippen molar-refractivity contribution in [3.05, 3.63) is 35.9 Å². The number of hydrogen-bond donors (Lipinski definition) is 2. The summed E-state index contributed by atoms with van der Waals surface area (Å²) < 4.78 is 63.1. The maximum atomic E-state index is 12.1. The highest BCUT2D eigenvalue weighted by atomic mass is 32.2. The molecule has 11 heteroatoms. The zero-order valence-electron chi connectivity index (χ0n) is 15.8. The van der Waals surface area contributed by atoms with E-state index in [4.69, 9.17) is 19.3 Å². The number of nitrogens with two attached hydrogens (primary N) is 1. The minimum absolute atomic E-state index is 0.175. The summed E-state index contributed by atoms with van der Waals surface area (Å²) in [7, 11) is -3.28. The van der Waals surface area contributed by atoms with Crippen LogP contribution in [0.4, 0.5) is 5.69 Å². The molecule has 2 aromatic carbocycles. The Morgan fingerprint density at radius 3 is 1.93 bits per heavy atom. The fourth-order valence-electron chi connectivity index (χ4n) is 2.57. The molecule has 9 nitrogen and oxygen atoms in total. The number of sulfonamides is 1. The van der Waals surface area contributed by atoms with E-state index >= 15 is 0 Å². The van der Waals surface area contributed by atoms with E-state index in [1.54, 1.807) is 12.1 Å². The predicted molar refractivity (Wildman–Crippen MR) is 104 cm³/mol. The molecule has 0 aromatic heterocycles. The Balaban J connectivity index is 2.42. The van der Waals surface area contributed by atoms with Crippen molar-refractivity contribution in [3.63, 3.8) is 0 Å². The Hall–Kier alpha value is -2.50. The van der Waals surface area contributed by atoms with E-state index in [2.05, 4.69) is 5.32 Å². The second kappa shape index (κ2) is 8.25. The van der Waals surface area contributed by atoms with Gasteiger partial charge in [-0.15, -0.1) is 0 Å². The number of sulfone groups is 1. The van der Waals surface area contributed by atoms with Crippen LogP contribution in [0, 0.1) is 0 Å². The highest BCUT2D eigenvalue weighted by Crippen LogP contribution is 2.38. The number of ether oxygens (including phenoxy) is 3. The normalized spacial score (nSPS) is 11.8. The highest BCUT2D eigenvalue weighted by molar-refractivity contribution is 7.91. The van der Waals surface area contributed by atoms with E-state index in [1.807, 2.05) is 0 Å². The maximum absolute atomic E-state index is 12.1. The highest BCUT2D eigenvalue weighted by Gasteiger charge is 2.19. The Bertz CT molecular complexity index is 1060. The summed E-state index contributed by atoms with van der Waals surface area (Å²) in [4.78, 5) is -0.460. The van der Waals surface area contributed by atoms with Crippen LogP contribution in [-0.2, 0) is 26.4 Å². The summed E-state index contributed by atoms with van der Waals surface area (Å²) >= 11 is 0. The lowest BCUT2D eigenvalue weighted by Crippen LogP contribution is -2.14. The second-order valence-electron chi connectivity index (χ2n) is 5.86. The number of rotatable bonds is 8. The van der Waals surface area contributed by atoms with Gasteiger partial charge in [0.2, 0.25) is 15.8 Å². The molecule has 0 radical (unpaired) electrons. The number of anilines is 1. The van der Waals surface area contributed by atoms with Crippen molar-refractivity contribution < 1.29 is 31.0 Å². The van der Waals surface area contributed by atoms with E-state index < -0.39 is 19.9 Å². The molecule has 0 fully saturated rings. The van der Waals surface area contributed by atoms with E-state index in [1.165, 1.54) is 33.5 Å².